The van der Waals surface area contributed by atoms with E-state index in [-0.39, 0.29) is 5.82 Å². The minimum Gasteiger partial charge on any atom is -0.343 e. The Hall–Kier alpha value is -2.38. The topological polar surface area (TPSA) is 53.0 Å². The maximum Gasteiger partial charge on any atom is 0.125 e. The lowest BCUT2D eigenvalue weighted by atomic mass is 10.1. The quantitative estimate of drug-likeness (QED) is 0.917. The van der Waals surface area contributed by atoms with E-state index in [1.165, 1.54) is 12.1 Å². The second kappa shape index (κ2) is 5.51. The van der Waals surface area contributed by atoms with Gasteiger partial charge in [-0.2, -0.15) is 5.26 Å². The second-order valence-electron chi connectivity index (χ2n) is 4.21. The number of nitriles is 1. The number of nitrogens with two attached hydrogens (primary N) is 1. The Morgan fingerprint density at radius 3 is 2.68 bits per heavy atom. The van der Waals surface area contributed by atoms with E-state index in [0.29, 0.717) is 17.8 Å². The highest BCUT2D eigenvalue weighted by molar-refractivity contribution is 5.69. The van der Waals surface area contributed by atoms with Gasteiger partial charge in [0, 0.05) is 19.3 Å². The van der Waals surface area contributed by atoms with Crippen LogP contribution in [-0.2, 0) is 6.54 Å². The molecule has 0 bridgehead atoms. The Kier molecular flexibility index (Phi) is 3.79. The summed E-state index contributed by atoms with van der Waals surface area (Å²) in [5, 5.41) is 9.20. The second-order valence-corrected chi connectivity index (χ2v) is 4.21. The zero-order valence-corrected chi connectivity index (χ0v) is 10.6. The zero-order valence-electron chi connectivity index (χ0n) is 10.6. The van der Waals surface area contributed by atoms with Crippen molar-refractivity contribution in [1.29, 1.82) is 5.26 Å². The molecule has 96 valence electrons. The van der Waals surface area contributed by atoms with Gasteiger partial charge in [0.25, 0.3) is 0 Å². The number of rotatable bonds is 3. The third kappa shape index (κ3) is 2.72. The first-order chi connectivity index (χ1) is 9.15. The van der Waals surface area contributed by atoms with Gasteiger partial charge in [-0.3, -0.25) is 0 Å². The van der Waals surface area contributed by atoms with Gasteiger partial charge in [0.15, 0.2) is 0 Å². The van der Waals surface area contributed by atoms with Crippen molar-refractivity contribution in [3.05, 3.63) is 59.4 Å². The summed E-state index contributed by atoms with van der Waals surface area (Å²) in [4.78, 5) is 1.78. The lowest BCUT2D eigenvalue weighted by Crippen LogP contribution is -2.11. The van der Waals surface area contributed by atoms with Crippen LogP contribution in [-0.4, -0.2) is 7.05 Å². The molecular weight excluding hydrogens is 241 g/mol. The molecule has 0 saturated heterocycles. The van der Waals surface area contributed by atoms with E-state index < -0.39 is 0 Å². The molecule has 2 N–H and O–H groups in total. The Morgan fingerprint density at radius 2 is 2.05 bits per heavy atom. The average molecular weight is 255 g/mol. The first-order valence-electron chi connectivity index (χ1n) is 5.88. The molecule has 0 unspecified atom stereocenters. The highest BCUT2D eigenvalue weighted by atomic mass is 19.1. The van der Waals surface area contributed by atoms with Crippen LogP contribution in [0.4, 0.5) is 15.8 Å². The number of halogens is 1. The van der Waals surface area contributed by atoms with Crippen LogP contribution in [0.1, 0.15) is 11.1 Å². The Balaban J connectivity index is 2.44. The van der Waals surface area contributed by atoms with E-state index in [9.17, 15) is 9.65 Å². The summed E-state index contributed by atoms with van der Waals surface area (Å²) in [6, 6.07) is 13.8. The highest BCUT2D eigenvalue weighted by Gasteiger charge is 2.10. The lowest BCUT2D eigenvalue weighted by molar-refractivity contribution is 0.628. The number of anilines is 2. The predicted molar refractivity (Wildman–Crippen MR) is 73.5 cm³/mol. The molecule has 0 spiro atoms. The highest BCUT2D eigenvalue weighted by Crippen LogP contribution is 2.27. The van der Waals surface area contributed by atoms with Crippen LogP contribution in [0.5, 0.6) is 0 Å². The van der Waals surface area contributed by atoms with Crippen molar-refractivity contribution in [3.63, 3.8) is 0 Å². The van der Waals surface area contributed by atoms with E-state index in [4.69, 9.17) is 5.73 Å². The van der Waals surface area contributed by atoms with Gasteiger partial charge in [-0.15, -0.1) is 0 Å². The fraction of sp³-hybridized carbons (Fsp3) is 0.133. The fourth-order valence-electron chi connectivity index (χ4n) is 1.92. The van der Waals surface area contributed by atoms with Crippen molar-refractivity contribution >= 4 is 11.4 Å². The van der Waals surface area contributed by atoms with Crippen LogP contribution < -0.4 is 10.6 Å². The molecule has 0 fully saturated rings. The number of hydrogen-bond acceptors (Lipinski definition) is 3. The molecule has 0 aliphatic carbocycles. The summed E-state index contributed by atoms with van der Waals surface area (Å²) in [5.41, 5.74) is 8.40. The van der Waals surface area contributed by atoms with Gasteiger partial charge >= 0.3 is 0 Å². The van der Waals surface area contributed by atoms with Crippen molar-refractivity contribution in [2.45, 2.75) is 6.54 Å². The number of nitrogens with zero attached hydrogens (tertiary/aromatic N) is 2. The van der Waals surface area contributed by atoms with E-state index >= 15 is 0 Å². The summed E-state index contributed by atoms with van der Waals surface area (Å²) >= 11 is 0. The van der Waals surface area contributed by atoms with E-state index in [0.717, 1.165) is 11.3 Å². The molecule has 0 amide bonds. The smallest absolute Gasteiger partial charge is 0.125 e. The van der Waals surface area contributed by atoms with Crippen molar-refractivity contribution in [3.8, 4) is 6.07 Å². The van der Waals surface area contributed by atoms with E-state index in [1.54, 1.807) is 30.1 Å². The first-order valence-corrected chi connectivity index (χ1v) is 5.88. The normalized spacial score (nSPS) is 10.0. The molecule has 3 nitrogen and oxygen atoms in total. The Morgan fingerprint density at radius 1 is 1.26 bits per heavy atom. The molecule has 19 heavy (non-hydrogen) atoms. The molecule has 0 radical (unpaired) electrons. The molecule has 2 rings (SSSR count). The van der Waals surface area contributed by atoms with Crippen molar-refractivity contribution < 1.29 is 4.39 Å². The Labute approximate surface area is 111 Å². The van der Waals surface area contributed by atoms with Crippen LogP contribution in [0.15, 0.2) is 42.5 Å². The van der Waals surface area contributed by atoms with Crippen molar-refractivity contribution in [1.82, 2.24) is 0 Å². The minimum absolute atomic E-state index is 0.304. The molecule has 4 heteroatoms. The molecule has 0 aliphatic rings. The zero-order chi connectivity index (χ0) is 13.8. The van der Waals surface area contributed by atoms with Crippen LogP contribution >= 0.6 is 0 Å². The summed E-state index contributed by atoms with van der Waals surface area (Å²) in [5.74, 6) is -0.304. The third-order valence-electron chi connectivity index (χ3n) is 2.97. The summed E-state index contributed by atoms with van der Waals surface area (Å²) in [6.07, 6.45) is 0. The van der Waals surface area contributed by atoms with Gasteiger partial charge in [-0.25, -0.2) is 4.39 Å². The average Bonchev–Trinajstić information content (AvgIpc) is 2.45. The Bertz CT molecular complexity index is 632. The van der Waals surface area contributed by atoms with Crippen LogP contribution in [0.2, 0.25) is 0 Å². The molecule has 0 saturated carbocycles. The van der Waals surface area contributed by atoms with Gasteiger partial charge in [0.05, 0.1) is 11.3 Å². The number of benzene rings is 2. The summed E-state index contributed by atoms with van der Waals surface area (Å²) in [6.45, 7) is 0.388. The largest absolute Gasteiger partial charge is 0.343 e. The van der Waals surface area contributed by atoms with Gasteiger partial charge in [0.2, 0.25) is 0 Å². The molecule has 0 aromatic heterocycles. The van der Waals surface area contributed by atoms with E-state index in [2.05, 4.69) is 6.07 Å². The van der Waals surface area contributed by atoms with Crippen LogP contribution in [0.25, 0.3) is 0 Å². The predicted octanol–water partition coefficient (Wildman–Crippen LogP) is 2.92. The van der Waals surface area contributed by atoms with Gasteiger partial charge in [-0.05, 0) is 35.9 Å². The van der Waals surface area contributed by atoms with Crippen molar-refractivity contribution in [2.75, 3.05) is 11.9 Å². The third-order valence-corrected chi connectivity index (χ3v) is 2.97. The standard InChI is InChI=1S/C15H14FN3/c1-19(14-4-2-3-13(16)8-14)15-6-5-11(9-17)7-12(15)10-18/h2-8H,9,17H2,1H3. The van der Waals surface area contributed by atoms with Crippen LogP contribution in [0, 0.1) is 17.1 Å². The van der Waals surface area contributed by atoms with Gasteiger partial charge in [0.1, 0.15) is 11.9 Å². The SMILES string of the molecule is CN(c1cccc(F)c1)c1ccc(CN)cc1C#N. The number of hydrogen-bond donors (Lipinski definition) is 1. The molecular formula is C15H14FN3. The molecule has 2 aromatic rings. The minimum atomic E-state index is -0.304. The van der Waals surface area contributed by atoms with E-state index in [1.807, 2.05) is 12.1 Å². The first kappa shape index (κ1) is 13.1. The lowest BCUT2D eigenvalue weighted by Gasteiger charge is -2.21. The molecule has 0 heterocycles. The fourth-order valence-corrected chi connectivity index (χ4v) is 1.92. The summed E-state index contributed by atoms with van der Waals surface area (Å²) < 4.78 is 13.2. The van der Waals surface area contributed by atoms with Crippen molar-refractivity contribution in [2.24, 2.45) is 5.73 Å². The maximum absolute atomic E-state index is 13.2. The summed E-state index contributed by atoms with van der Waals surface area (Å²) in [7, 11) is 1.80. The molecule has 0 atom stereocenters. The monoisotopic (exact) mass is 255 g/mol. The van der Waals surface area contributed by atoms with Crippen LogP contribution in [0.3, 0.4) is 0 Å². The maximum atomic E-state index is 13.2. The molecule has 2 aromatic carbocycles. The van der Waals surface area contributed by atoms with Gasteiger partial charge in [-0.1, -0.05) is 12.1 Å². The van der Waals surface area contributed by atoms with Gasteiger partial charge < -0.3 is 10.6 Å². The molecule has 0 aliphatic heterocycles.